The van der Waals surface area contributed by atoms with Gasteiger partial charge in [0.2, 0.25) is 0 Å². The van der Waals surface area contributed by atoms with Crippen LogP contribution >= 0.6 is 0 Å². The number of aldehydes is 1. The zero-order valence-corrected chi connectivity index (χ0v) is 13.8. The van der Waals surface area contributed by atoms with E-state index in [2.05, 4.69) is 0 Å². The highest BCUT2D eigenvalue weighted by Crippen LogP contribution is 2.21. The van der Waals surface area contributed by atoms with Crippen LogP contribution in [0.4, 0.5) is 0 Å². The van der Waals surface area contributed by atoms with E-state index in [0.29, 0.717) is 5.75 Å². The van der Waals surface area contributed by atoms with Crippen molar-refractivity contribution in [2.45, 2.75) is 18.9 Å². The Kier molecular flexibility index (Phi) is 5.67. The van der Waals surface area contributed by atoms with Crippen molar-refractivity contribution in [1.29, 1.82) is 0 Å². The normalized spacial score (nSPS) is 19.0. The van der Waals surface area contributed by atoms with E-state index in [4.69, 9.17) is 10.5 Å². The summed E-state index contributed by atoms with van der Waals surface area (Å²) in [5.74, 6) is -1.46. The number of hydrogen-bond acceptors (Lipinski definition) is 5. The second kappa shape index (κ2) is 7.72. The van der Waals surface area contributed by atoms with Crippen LogP contribution in [0.15, 0.2) is 54.2 Å². The van der Waals surface area contributed by atoms with Crippen LogP contribution in [0, 0.1) is 0 Å². The van der Waals surface area contributed by atoms with Crippen molar-refractivity contribution < 1.29 is 24.2 Å². The zero-order chi connectivity index (χ0) is 18.4. The van der Waals surface area contributed by atoms with E-state index in [-0.39, 0.29) is 30.4 Å². The first-order valence-electron chi connectivity index (χ1n) is 7.64. The van der Waals surface area contributed by atoms with Gasteiger partial charge in [0.25, 0.3) is 0 Å². The van der Waals surface area contributed by atoms with Gasteiger partial charge in [-0.1, -0.05) is 30.4 Å². The Hall–Kier alpha value is -2.99. The van der Waals surface area contributed by atoms with Gasteiger partial charge in [-0.3, -0.25) is 9.59 Å². The van der Waals surface area contributed by atoms with Crippen molar-refractivity contribution >= 4 is 18.0 Å². The van der Waals surface area contributed by atoms with Gasteiger partial charge in [-0.2, -0.15) is 0 Å². The molecule has 6 nitrogen and oxygen atoms in total. The van der Waals surface area contributed by atoms with Crippen LogP contribution in [0.5, 0.6) is 5.75 Å². The zero-order valence-electron chi connectivity index (χ0n) is 13.8. The number of ether oxygens (including phenoxy) is 1. The minimum absolute atomic E-state index is 0.0325. The predicted molar refractivity (Wildman–Crippen MR) is 92.6 cm³/mol. The Balaban J connectivity index is 2.18. The number of ketones is 1. The number of carboxylic acid groups (broad SMARTS) is 1. The highest BCUT2D eigenvalue weighted by Gasteiger charge is 2.15. The van der Waals surface area contributed by atoms with Gasteiger partial charge in [0, 0.05) is 6.42 Å². The van der Waals surface area contributed by atoms with Crippen molar-refractivity contribution in [2.24, 2.45) is 5.73 Å². The molecule has 130 valence electrons. The molecule has 0 fully saturated rings. The summed E-state index contributed by atoms with van der Waals surface area (Å²) < 4.78 is 5.69. The monoisotopic (exact) mass is 341 g/mol. The third kappa shape index (κ3) is 5.26. The molecule has 2 rings (SSSR count). The lowest BCUT2D eigenvalue weighted by Gasteiger charge is -2.16. The number of carboxylic acids is 1. The molecule has 0 heterocycles. The number of Topliss-reactive ketones (excluding diaryl/α,β-unsaturated/α-hetero) is 1. The molecule has 0 saturated heterocycles. The molecule has 0 bridgehead atoms. The molecule has 0 radical (unpaired) electrons. The second-order valence-electron chi connectivity index (χ2n) is 5.98. The van der Waals surface area contributed by atoms with E-state index in [1.165, 1.54) is 18.2 Å². The lowest BCUT2D eigenvalue weighted by atomic mass is 10.0. The van der Waals surface area contributed by atoms with E-state index in [0.717, 1.165) is 5.57 Å². The quantitative estimate of drug-likeness (QED) is 0.579. The van der Waals surface area contributed by atoms with E-state index in [1.54, 1.807) is 0 Å². The molecule has 1 aromatic rings. The smallest absolute Gasteiger partial charge is 0.335 e. The summed E-state index contributed by atoms with van der Waals surface area (Å²) in [6, 6.07) is 4.34. The van der Waals surface area contributed by atoms with Gasteiger partial charge in [-0.25, -0.2) is 4.79 Å². The average Bonchev–Trinajstić information content (AvgIpc) is 2.73. The molecule has 0 spiro atoms. The topological polar surface area (TPSA) is 107 Å². The number of benzene rings is 1. The number of hydrogen-bond donors (Lipinski definition) is 2. The summed E-state index contributed by atoms with van der Waals surface area (Å²) in [7, 11) is 0. The van der Waals surface area contributed by atoms with Crippen LogP contribution < -0.4 is 10.5 Å². The van der Waals surface area contributed by atoms with Gasteiger partial charge in [-0.05, 0) is 36.3 Å². The maximum Gasteiger partial charge on any atom is 0.335 e. The molecule has 1 aromatic carbocycles. The standard InChI is InChI=1S/C19H19NO5/c1-19(20)7-3-2-4-13(10-19)12-25-16-5-6-17(18(23)24)14(9-16)8-15(22)11-21/h2-7,9-11H,8,12,20H2,1H3,(H,23,24). The van der Waals surface area contributed by atoms with Crippen molar-refractivity contribution in [3.63, 3.8) is 0 Å². The molecule has 0 amide bonds. The average molecular weight is 341 g/mol. The van der Waals surface area contributed by atoms with Gasteiger partial charge >= 0.3 is 5.97 Å². The Morgan fingerprint density at radius 2 is 2.08 bits per heavy atom. The molecule has 0 aliphatic heterocycles. The minimum Gasteiger partial charge on any atom is -0.489 e. The highest BCUT2D eigenvalue weighted by atomic mass is 16.5. The number of nitrogens with two attached hydrogens (primary N) is 1. The van der Waals surface area contributed by atoms with Crippen molar-refractivity contribution in [1.82, 2.24) is 0 Å². The summed E-state index contributed by atoms with van der Waals surface area (Å²) in [4.78, 5) is 33.1. The van der Waals surface area contributed by atoms with Gasteiger partial charge in [0.1, 0.15) is 12.4 Å². The fourth-order valence-electron chi connectivity index (χ4n) is 2.44. The SMILES string of the molecule is CC1(N)C=CC=CC(COc2ccc(C(=O)O)c(CC(=O)C=O)c2)=C1. The molecular formula is C19H19NO5. The molecular weight excluding hydrogens is 322 g/mol. The van der Waals surface area contributed by atoms with E-state index in [1.807, 2.05) is 37.3 Å². The van der Waals surface area contributed by atoms with Crippen LogP contribution in [0.3, 0.4) is 0 Å². The maximum atomic E-state index is 11.3. The summed E-state index contributed by atoms with van der Waals surface area (Å²) in [6.45, 7) is 2.10. The fraction of sp³-hybridized carbons (Fsp3) is 0.211. The van der Waals surface area contributed by atoms with Crippen LogP contribution in [-0.4, -0.2) is 35.3 Å². The Morgan fingerprint density at radius 3 is 2.76 bits per heavy atom. The second-order valence-corrected chi connectivity index (χ2v) is 5.98. The molecule has 0 saturated carbocycles. The summed E-state index contributed by atoms with van der Waals surface area (Å²) >= 11 is 0. The number of rotatable bonds is 7. The van der Waals surface area contributed by atoms with E-state index >= 15 is 0 Å². The molecule has 1 aliphatic carbocycles. The maximum absolute atomic E-state index is 11.3. The summed E-state index contributed by atoms with van der Waals surface area (Å²) in [5, 5.41) is 9.19. The largest absolute Gasteiger partial charge is 0.489 e. The highest BCUT2D eigenvalue weighted by molar-refractivity contribution is 6.25. The summed E-state index contributed by atoms with van der Waals surface area (Å²) in [6.07, 6.45) is 9.21. The summed E-state index contributed by atoms with van der Waals surface area (Å²) in [5.41, 5.74) is 6.57. The third-order valence-electron chi connectivity index (χ3n) is 3.58. The minimum atomic E-state index is -1.17. The Bertz CT molecular complexity index is 787. The van der Waals surface area contributed by atoms with Gasteiger partial charge < -0.3 is 15.6 Å². The number of aromatic carboxylic acids is 1. The molecule has 1 atom stereocenters. The van der Waals surface area contributed by atoms with Crippen molar-refractivity contribution in [2.75, 3.05) is 6.61 Å². The van der Waals surface area contributed by atoms with Crippen LogP contribution in [-0.2, 0) is 16.0 Å². The first kappa shape index (κ1) is 18.4. The molecule has 3 N–H and O–H groups in total. The Labute approximate surface area is 145 Å². The third-order valence-corrected chi connectivity index (χ3v) is 3.58. The lowest BCUT2D eigenvalue weighted by Crippen LogP contribution is -2.31. The van der Waals surface area contributed by atoms with Crippen LogP contribution in [0.1, 0.15) is 22.8 Å². The predicted octanol–water partition coefficient (Wildman–Crippen LogP) is 1.84. The number of carbonyl (C=O) groups excluding carboxylic acids is 2. The molecule has 1 unspecified atom stereocenters. The lowest BCUT2D eigenvalue weighted by molar-refractivity contribution is -0.129. The van der Waals surface area contributed by atoms with Crippen molar-refractivity contribution in [3.05, 3.63) is 65.3 Å². The molecule has 1 aliphatic rings. The van der Waals surface area contributed by atoms with E-state index in [9.17, 15) is 19.5 Å². The molecule has 0 aromatic heterocycles. The van der Waals surface area contributed by atoms with Crippen LogP contribution in [0.25, 0.3) is 0 Å². The Morgan fingerprint density at radius 1 is 1.32 bits per heavy atom. The molecule has 6 heteroatoms. The first-order valence-corrected chi connectivity index (χ1v) is 7.64. The van der Waals surface area contributed by atoms with Gasteiger partial charge in [-0.15, -0.1) is 0 Å². The van der Waals surface area contributed by atoms with Gasteiger partial charge in [0.05, 0.1) is 11.1 Å². The van der Waals surface area contributed by atoms with Crippen LogP contribution in [0.2, 0.25) is 0 Å². The fourth-order valence-corrected chi connectivity index (χ4v) is 2.44. The number of allylic oxidation sites excluding steroid dienone is 2. The van der Waals surface area contributed by atoms with Gasteiger partial charge in [0.15, 0.2) is 12.1 Å². The van der Waals surface area contributed by atoms with E-state index < -0.39 is 17.3 Å². The number of carbonyl (C=O) groups is 3. The first-order chi connectivity index (χ1) is 11.8. The molecule has 25 heavy (non-hydrogen) atoms. The van der Waals surface area contributed by atoms with Crippen molar-refractivity contribution in [3.8, 4) is 5.75 Å².